The van der Waals surface area contributed by atoms with Crippen molar-refractivity contribution >= 4 is 56.1 Å². The monoisotopic (exact) mass is 495 g/mol. The van der Waals surface area contributed by atoms with E-state index < -0.39 is 15.3 Å². The summed E-state index contributed by atoms with van der Waals surface area (Å²) in [7, 11) is -2.47. The van der Waals surface area contributed by atoms with Crippen molar-refractivity contribution in [1.29, 1.82) is 0 Å². The molecule has 0 spiro atoms. The standard InChI is InChI=1S/C21H22ClN3O5S2/c1-30-13-5-12-25-20(27)18(14-19(26)23-16-10-8-15(22)9-11-16)31-21(25)24-32(28,29)17-6-3-2-4-7-17/h2-4,6-11,18H,5,12-14H2,1H3,(H,23,26). The normalized spacial score (nSPS) is 17.7. The summed E-state index contributed by atoms with van der Waals surface area (Å²) < 4.78 is 34.4. The lowest BCUT2D eigenvalue weighted by molar-refractivity contribution is -0.128. The number of sulfonamides is 1. The summed E-state index contributed by atoms with van der Waals surface area (Å²) in [4.78, 5) is 26.8. The summed E-state index contributed by atoms with van der Waals surface area (Å²) in [6.45, 7) is 0.632. The van der Waals surface area contributed by atoms with Crippen LogP contribution in [0, 0.1) is 0 Å². The Balaban J connectivity index is 1.77. The molecule has 1 fully saturated rings. The zero-order valence-electron chi connectivity index (χ0n) is 17.2. The number of nitrogens with one attached hydrogen (secondary N) is 1. The second-order valence-corrected chi connectivity index (χ2v) is 10.1. The Bertz CT molecular complexity index is 1090. The molecule has 2 aromatic carbocycles. The first-order valence-electron chi connectivity index (χ1n) is 9.72. The fourth-order valence-electron chi connectivity index (χ4n) is 2.94. The number of halogens is 1. The molecule has 32 heavy (non-hydrogen) atoms. The van der Waals surface area contributed by atoms with Crippen molar-refractivity contribution in [2.75, 3.05) is 25.6 Å². The average molecular weight is 496 g/mol. The number of ether oxygens (including phenoxy) is 1. The molecule has 170 valence electrons. The van der Waals surface area contributed by atoms with Crippen LogP contribution in [0.1, 0.15) is 12.8 Å². The van der Waals surface area contributed by atoms with Gasteiger partial charge in [0.15, 0.2) is 5.17 Å². The van der Waals surface area contributed by atoms with E-state index in [1.54, 1.807) is 49.6 Å². The summed E-state index contributed by atoms with van der Waals surface area (Å²) in [5, 5.41) is 2.52. The maximum absolute atomic E-state index is 13.0. The van der Waals surface area contributed by atoms with Gasteiger partial charge >= 0.3 is 0 Å². The molecule has 1 N–H and O–H groups in total. The second-order valence-electron chi connectivity index (χ2n) is 6.86. The lowest BCUT2D eigenvalue weighted by atomic mass is 10.2. The molecule has 1 aliphatic rings. The summed E-state index contributed by atoms with van der Waals surface area (Å²) in [6.07, 6.45) is 0.369. The van der Waals surface area contributed by atoms with Gasteiger partial charge in [-0.2, -0.15) is 8.42 Å². The topological polar surface area (TPSA) is 105 Å². The van der Waals surface area contributed by atoms with E-state index in [-0.39, 0.29) is 34.8 Å². The molecule has 3 rings (SSSR count). The van der Waals surface area contributed by atoms with Crippen molar-refractivity contribution in [2.24, 2.45) is 4.40 Å². The molecule has 0 radical (unpaired) electrons. The van der Waals surface area contributed by atoms with Crippen LogP contribution in [-0.2, 0) is 24.3 Å². The van der Waals surface area contributed by atoms with Crippen LogP contribution in [-0.4, -0.2) is 55.8 Å². The van der Waals surface area contributed by atoms with Crippen LogP contribution in [0.5, 0.6) is 0 Å². The number of anilines is 1. The molecule has 2 amide bonds. The highest BCUT2D eigenvalue weighted by atomic mass is 35.5. The van der Waals surface area contributed by atoms with Gasteiger partial charge in [0.2, 0.25) is 11.8 Å². The molecule has 1 atom stereocenters. The van der Waals surface area contributed by atoms with Gasteiger partial charge in [-0.15, -0.1) is 4.40 Å². The first kappa shape index (κ1) is 24.2. The summed E-state index contributed by atoms with van der Waals surface area (Å²) in [5.41, 5.74) is 0.548. The molecule has 0 aliphatic carbocycles. The van der Waals surface area contributed by atoms with Crippen molar-refractivity contribution < 1.29 is 22.7 Å². The van der Waals surface area contributed by atoms with Crippen LogP contribution in [0.2, 0.25) is 5.02 Å². The van der Waals surface area contributed by atoms with Crippen molar-refractivity contribution in [1.82, 2.24) is 4.90 Å². The van der Waals surface area contributed by atoms with Crippen LogP contribution in [0.15, 0.2) is 63.9 Å². The van der Waals surface area contributed by atoms with Gasteiger partial charge in [0, 0.05) is 37.4 Å². The quantitative estimate of drug-likeness (QED) is 0.534. The predicted octanol–water partition coefficient (Wildman–Crippen LogP) is 3.39. The average Bonchev–Trinajstić information content (AvgIpc) is 3.04. The van der Waals surface area contributed by atoms with Crippen molar-refractivity contribution in [3.63, 3.8) is 0 Å². The summed E-state index contributed by atoms with van der Waals surface area (Å²) in [5.74, 6) is -0.735. The SMILES string of the molecule is COCCCN1C(=O)C(CC(=O)Nc2ccc(Cl)cc2)SC1=NS(=O)(=O)c1ccccc1. The van der Waals surface area contributed by atoms with Gasteiger partial charge in [0.05, 0.1) is 4.90 Å². The molecule has 1 heterocycles. The Morgan fingerprint density at radius 2 is 1.88 bits per heavy atom. The van der Waals surface area contributed by atoms with Gasteiger partial charge < -0.3 is 10.1 Å². The fourth-order valence-corrected chi connectivity index (χ4v) is 5.47. The highest BCUT2D eigenvalue weighted by Crippen LogP contribution is 2.31. The van der Waals surface area contributed by atoms with Crippen LogP contribution in [0.25, 0.3) is 0 Å². The number of nitrogens with zero attached hydrogens (tertiary/aromatic N) is 2. The van der Waals surface area contributed by atoms with Crippen LogP contribution < -0.4 is 5.32 Å². The van der Waals surface area contributed by atoms with Crippen molar-refractivity contribution in [2.45, 2.75) is 23.0 Å². The number of carbonyl (C=O) groups is 2. The first-order chi connectivity index (χ1) is 15.3. The molecule has 2 aromatic rings. The molecule has 1 aliphatic heterocycles. The van der Waals surface area contributed by atoms with Crippen molar-refractivity contribution in [3.8, 4) is 0 Å². The van der Waals surface area contributed by atoms with E-state index in [9.17, 15) is 18.0 Å². The lowest BCUT2D eigenvalue weighted by Gasteiger charge is -2.16. The number of carbonyl (C=O) groups excluding carboxylic acids is 2. The van der Waals surface area contributed by atoms with Crippen LogP contribution in [0.4, 0.5) is 5.69 Å². The molecule has 0 aromatic heterocycles. The molecule has 8 nitrogen and oxygen atoms in total. The minimum atomic E-state index is -4.01. The van der Waals surface area contributed by atoms with E-state index >= 15 is 0 Å². The van der Waals surface area contributed by atoms with E-state index in [4.69, 9.17) is 16.3 Å². The Hall–Kier alpha value is -2.40. The highest BCUT2D eigenvalue weighted by Gasteiger charge is 2.40. The molecule has 0 saturated carbocycles. The lowest BCUT2D eigenvalue weighted by Crippen LogP contribution is -2.35. The number of thioether (sulfide) groups is 1. The van der Waals surface area contributed by atoms with Gasteiger partial charge in [-0.05, 0) is 42.8 Å². The maximum atomic E-state index is 13.0. The van der Waals surface area contributed by atoms with E-state index in [1.165, 1.54) is 17.0 Å². The third-order valence-corrected chi connectivity index (χ3v) is 7.31. The minimum Gasteiger partial charge on any atom is -0.385 e. The fraction of sp³-hybridized carbons (Fsp3) is 0.286. The number of benzene rings is 2. The molecule has 0 bridgehead atoms. The third-order valence-electron chi connectivity index (χ3n) is 4.49. The number of amidine groups is 1. The first-order valence-corrected chi connectivity index (χ1v) is 12.4. The molecular weight excluding hydrogens is 474 g/mol. The number of hydrogen-bond acceptors (Lipinski definition) is 6. The van der Waals surface area contributed by atoms with Crippen LogP contribution in [0.3, 0.4) is 0 Å². The Labute approximate surface area is 196 Å². The number of amides is 2. The smallest absolute Gasteiger partial charge is 0.284 e. The van der Waals surface area contributed by atoms with Gasteiger partial charge in [-0.3, -0.25) is 14.5 Å². The summed E-state index contributed by atoms with van der Waals surface area (Å²) >= 11 is 6.82. The summed E-state index contributed by atoms with van der Waals surface area (Å²) in [6, 6.07) is 14.4. The second kappa shape index (κ2) is 11.0. The van der Waals surface area contributed by atoms with Crippen LogP contribution >= 0.6 is 23.4 Å². The molecule has 1 saturated heterocycles. The maximum Gasteiger partial charge on any atom is 0.284 e. The van der Waals surface area contributed by atoms with E-state index in [2.05, 4.69) is 9.71 Å². The van der Waals surface area contributed by atoms with Gasteiger partial charge in [0.25, 0.3) is 10.0 Å². The Morgan fingerprint density at radius 1 is 1.19 bits per heavy atom. The molecule has 1 unspecified atom stereocenters. The third kappa shape index (κ3) is 6.32. The minimum absolute atomic E-state index is 0.0290. The Kier molecular flexibility index (Phi) is 8.30. The van der Waals surface area contributed by atoms with E-state index in [0.717, 1.165) is 11.8 Å². The largest absolute Gasteiger partial charge is 0.385 e. The highest BCUT2D eigenvalue weighted by molar-refractivity contribution is 8.16. The number of methoxy groups -OCH3 is 1. The zero-order valence-corrected chi connectivity index (χ0v) is 19.6. The Morgan fingerprint density at radius 3 is 2.53 bits per heavy atom. The number of hydrogen-bond donors (Lipinski definition) is 1. The van der Waals surface area contributed by atoms with E-state index in [1.807, 2.05) is 0 Å². The molecule has 11 heteroatoms. The predicted molar refractivity (Wildman–Crippen MR) is 125 cm³/mol. The van der Waals surface area contributed by atoms with Gasteiger partial charge in [0.1, 0.15) is 5.25 Å². The van der Waals surface area contributed by atoms with E-state index in [0.29, 0.717) is 23.7 Å². The van der Waals surface area contributed by atoms with Gasteiger partial charge in [-0.1, -0.05) is 41.6 Å². The zero-order chi connectivity index (χ0) is 23.1. The van der Waals surface area contributed by atoms with Gasteiger partial charge in [-0.25, -0.2) is 0 Å². The number of rotatable bonds is 9. The van der Waals surface area contributed by atoms with Crippen molar-refractivity contribution in [3.05, 3.63) is 59.6 Å². The molecular formula is C21H22ClN3O5S2.